The van der Waals surface area contributed by atoms with Crippen molar-refractivity contribution in [2.75, 3.05) is 7.05 Å². The zero-order valence-electron chi connectivity index (χ0n) is 9.15. The predicted octanol–water partition coefficient (Wildman–Crippen LogP) is 2.83. The van der Waals surface area contributed by atoms with Crippen LogP contribution in [0.3, 0.4) is 0 Å². The molecule has 1 nitrogen and oxygen atoms in total. The number of hydrogen-bond acceptors (Lipinski definition) is 1. The third-order valence-corrected chi connectivity index (χ3v) is 2.71. The maximum atomic E-state index is 4.08. The summed E-state index contributed by atoms with van der Waals surface area (Å²) < 4.78 is 0. The smallest absolute Gasteiger partial charge is 0.00644 e. The molecule has 0 aliphatic rings. The van der Waals surface area contributed by atoms with Gasteiger partial charge in [-0.2, -0.15) is 0 Å². The SMILES string of the molecule is C=C(CC(C)C(C)NC)C(C)C. The first-order valence-corrected chi connectivity index (χ1v) is 4.84. The summed E-state index contributed by atoms with van der Waals surface area (Å²) in [6.45, 7) is 13.0. The summed E-state index contributed by atoms with van der Waals surface area (Å²) in [5.74, 6) is 1.31. The van der Waals surface area contributed by atoms with Gasteiger partial charge in [0.2, 0.25) is 0 Å². The Kier molecular flexibility index (Phi) is 5.23. The van der Waals surface area contributed by atoms with Crippen LogP contribution in [0.1, 0.15) is 34.1 Å². The molecule has 0 aliphatic heterocycles. The van der Waals surface area contributed by atoms with Crippen LogP contribution < -0.4 is 5.32 Å². The quantitative estimate of drug-likeness (QED) is 0.624. The van der Waals surface area contributed by atoms with Gasteiger partial charge in [0.25, 0.3) is 0 Å². The van der Waals surface area contributed by atoms with Crippen molar-refractivity contribution in [2.24, 2.45) is 11.8 Å². The van der Waals surface area contributed by atoms with Crippen molar-refractivity contribution in [3.8, 4) is 0 Å². The molecule has 0 amide bonds. The van der Waals surface area contributed by atoms with Crippen LogP contribution in [0.5, 0.6) is 0 Å². The third kappa shape index (κ3) is 3.91. The fourth-order valence-electron chi connectivity index (χ4n) is 1.11. The zero-order chi connectivity index (χ0) is 9.72. The van der Waals surface area contributed by atoms with E-state index in [-0.39, 0.29) is 0 Å². The van der Waals surface area contributed by atoms with Crippen LogP contribution in [0.25, 0.3) is 0 Å². The standard InChI is InChI=1S/C11H23N/c1-8(2)9(3)7-10(4)11(5)12-6/h8,10-12H,3,7H2,1-2,4-6H3. The normalized spacial score (nSPS) is 16.2. The average molecular weight is 169 g/mol. The van der Waals surface area contributed by atoms with Crippen molar-refractivity contribution < 1.29 is 0 Å². The van der Waals surface area contributed by atoms with Gasteiger partial charge in [0, 0.05) is 6.04 Å². The van der Waals surface area contributed by atoms with Gasteiger partial charge < -0.3 is 5.32 Å². The summed E-state index contributed by atoms with van der Waals surface area (Å²) in [4.78, 5) is 0. The summed E-state index contributed by atoms with van der Waals surface area (Å²) in [6, 6.07) is 0.584. The van der Waals surface area contributed by atoms with Crippen molar-refractivity contribution in [2.45, 2.75) is 40.2 Å². The summed E-state index contributed by atoms with van der Waals surface area (Å²) in [7, 11) is 2.01. The summed E-state index contributed by atoms with van der Waals surface area (Å²) in [5.41, 5.74) is 1.37. The molecule has 0 fully saturated rings. The molecule has 0 saturated heterocycles. The van der Waals surface area contributed by atoms with E-state index in [2.05, 4.69) is 39.6 Å². The molecule has 0 radical (unpaired) electrons. The summed E-state index contributed by atoms with van der Waals surface area (Å²) >= 11 is 0. The van der Waals surface area contributed by atoms with Gasteiger partial charge in [-0.3, -0.25) is 0 Å². The van der Waals surface area contributed by atoms with Crippen LogP contribution in [-0.2, 0) is 0 Å². The van der Waals surface area contributed by atoms with Gasteiger partial charge >= 0.3 is 0 Å². The predicted molar refractivity (Wildman–Crippen MR) is 56.3 cm³/mol. The fourth-order valence-corrected chi connectivity index (χ4v) is 1.11. The lowest BCUT2D eigenvalue weighted by atomic mass is 9.90. The number of allylic oxidation sites excluding steroid dienone is 1. The molecule has 0 aromatic rings. The largest absolute Gasteiger partial charge is 0.317 e. The van der Waals surface area contributed by atoms with E-state index in [0.29, 0.717) is 17.9 Å². The first-order valence-electron chi connectivity index (χ1n) is 4.84. The van der Waals surface area contributed by atoms with Gasteiger partial charge in [-0.05, 0) is 32.2 Å². The summed E-state index contributed by atoms with van der Waals surface area (Å²) in [5, 5.41) is 3.27. The average Bonchev–Trinajstić information content (AvgIpc) is 2.02. The van der Waals surface area contributed by atoms with Gasteiger partial charge in [-0.15, -0.1) is 0 Å². The van der Waals surface area contributed by atoms with Gasteiger partial charge in [0.1, 0.15) is 0 Å². The molecule has 1 heteroatoms. The second kappa shape index (κ2) is 5.36. The van der Waals surface area contributed by atoms with E-state index in [1.807, 2.05) is 7.05 Å². The summed E-state index contributed by atoms with van der Waals surface area (Å²) in [6.07, 6.45) is 1.14. The van der Waals surface area contributed by atoms with Crippen LogP contribution in [0, 0.1) is 11.8 Å². The molecule has 2 atom stereocenters. The molecule has 0 heterocycles. The fraction of sp³-hybridized carbons (Fsp3) is 0.818. The van der Waals surface area contributed by atoms with Crippen LogP contribution in [0.15, 0.2) is 12.2 Å². The van der Waals surface area contributed by atoms with Crippen LogP contribution >= 0.6 is 0 Å². The minimum atomic E-state index is 0.584. The Morgan fingerprint density at radius 3 is 2.08 bits per heavy atom. The minimum absolute atomic E-state index is 0.584. The maximum absolute atomic E-state index is 4.08. The van der Waals surface area contributed by atoms with Crippen molar-refractivity contribution in [3.05, 3.63) is 12.2 Å². The van der Waals surface area contributed by atoms with Crippen molar-refractivity contribution in [3.63, 3.8) is 0 Å². The van der Waals surface area contributed by atoms with E-state index in [4.69, 9.17) is 0 Å². The second-order valence-electron chi connectivity index (χ2n) is 4.07. The van der Waals surface area contributed by atoms with E-state index >= 15 is 0 Å². The highest BCUT2D eigenvalue weighted by Crippen LogP contribution is 2.19. The van der Waals surface area contributed by atoms with Crippen LogP contribution in [0.2, 0.25) is 0 Å². The molecule has 0 aromatic heterocycles. The molecule has 0 saturated carbocycles. The lowest BCUT2D eigenvalue weighted by Gasteiger charge is -2.21. The zero-order valence-corrected chi connectivity index (χ0v) is 9.15. The lowest BCUT2D eigenvalue weighted by Crippen LogP contribution is -2.29. The molecule has 2 unspecified atom stereocenters. The highest BCUT2D eigenvalue weighted by atomic mass is 14.9. The Hall–Kier alpha value is -0.300. The molecule has 0 aromatic carbocycles. The minimum Gasteiger partial charge on any atom is -0.317 e. The molecule has 0 bridgehead atoms. The maximum Gasteiger partial charge on any atom is 0.00644 e. The van der Waals surface area contributed by atoms with E-state index in [1.54, 1.807) is 0 Å². The number of nitrogens with one attached hydrogen (secondary N) is 1. The van der Waals surface area contributed by atoms with Crippen molar-refractivity contribution in [1.82, 2.24) is 5.32 Å². The Balaban J connectivity index is 3.83. The lowest BCUT2D eigenvalue weighted by molar-refractivity contribution is 0.412. The van der Waals surface area contributed by atoms with Crippen molar-refractivity contribution >= 4 is 0 Å². The van der Waals surface area contributed by atoms with Crippen LogP contribution in [0.4, 0.5) is 0 Å². The van der Waals surface area contributed by atoms with Crippen molar-refractivity contribution in [1.29, 1.82) is 0 Å². The molecule has 12 heavy (non-hydrogen) atoms. The van der Waals surface area contributed by atoms with Gasteiger partial charge in [-0.25, -0.2) is 0 Å². The monoisotopic (exact) mass is 169 g/mol. The van der Waals surface area contributed by atoms with Gasteiger partial charge in [0.15, 0.2) is 0 Å². The van der Waals surface area contributed by atoms with Crippen LogP contribution in [-0.4, -0.2) is 13.1 Å². The molecular weight excluding hydrogens is 146 g/mol. The molecule has 72 valence electrons. The number of hydrogen-bond donors (Lipinski definition) is 1. The Morgan fingerprint density at radius 2 is 1.75 bits per heavy atom. The highest BCUT2D eigenvalue weighted by Gasteiger charge is 2.12. The van der Waals surface area contributed by atoms with E-state index in [0.717, 1.165) is 6.42 Å². The molecule has 0 spiro atoms. The first-order chi connectivity index (χ1) is 5.49. The Labute approximate surface area is 77.2 Å². The third-order valence-electron chi connectivity index (χ3n) is 2.71. The Morgan fingerprint density at radius 1 is 1.25 bits per heavy atom. The second-order valence-corrected chi connectivity index (χ2v) is 4.07. The van der Waals surface area contributed by atoms with E-state index in [9.17, 15) is 0 Å². The first kappa shape index (κ1) is 11.7. The topological polar surface area (TPSA) is 12.0 Å². The Bertz CT molecular complexity index is 138. The van der Waals surface area contributed by atoms with E-state index < -0.39 is 0 Å². The highest BCUT2D eigenvalue weighted by molar-refractivity contribution is 4.99. The molecule has 1 N–H and O–H groups in total. The van der Waals surface area contributed by atoms with E-state index in [1.165, 1.54) is 5.57 Å². The molecule has 0 rings (SSSR count). The van der Waals surface area contributed by atoms with Gasteiger partial charge in [0.05, 0.1) is 0 Å². The van der Waals surface area contributed by atoms with Gasteiger partial charge in [-0.1, -0.05) is 32.9 Å². The number of rotatable bonds is 5. The molecular formula is C11H23N. The molecule has 0 aliphatic carbocycles.